The summed E-state index contributed by atoms with van der Waals surface area (Å²) >= 11 is 0. The zero-order chi connectivity index (χ0) is 18.7. The smallest absolute Gasteiger partial charge is 0.328 e. The van der Waals surface area contributed by atoms with Crippen LogP contribution in [0.5, 0.6) is 0 Å². The molecular formula is C18H19N3O5. The molecule has 0 aliphatic carbocycles. The van der Waals surface area contributed by atoms with Gasteiger partial charge in [-0.1, -0.05) is 30.3 Å². The number of carbonyl (C=O) groups excluding carboxylic acids is 1. The Morgan fingerprint density at radius 2 is 1.85 bits per heavy atom. The van der Waals surface area contributed by atoms with Gasteiger partial charge in [0.2, 0.25) is 5.91 Å². The van der Waals surface area contributed by atoms with Crippen molar-refractivity contribution in [3.63, 3.8) is 0 Å². The number of likely N-dealkylation sites (tertiary alicyclic amines) is 1. The van der Waals surface area contributed by atoms with Crippen LogP contribution >= 0.6 is 0 Å². The van der Waals surface area contributed by atoms with Gasteiger partial charge in [-0.25, -0.2) is 4.79 Å². The monoisotopic (exact) mass is 357 g/mol. The standard InChI is InChI=1S/C18H19N3O5/c22-15-6-8-20(18(26)19-15)9-7-16(23)21-10-13(14(11-21)17(24)25)12-4-2-1-3-5-12/h1-6,8,13-14H,7,9-11H2,(H,24,25)(H,19,22,26)/t13-,14+/m0/s1. The Morgan fingerprint density at radius 1 is 1.12 bits per heavy atom. The number of aryl methyl sites for hydroxylation is 1. The summed E-state index contributed by atoms with van der Waals surface area (Å²) in [4.78, 5) is 50.5. The third-order valence-electron chi connectivity index (χ3n) is 4.68. The van der Waals surface area contributed by atoms with Crippen molar-refractivity contribution in [2.24, 2.45) is 5.92 Å². The summed E-state index contributed by atoms with van der Waals surface area (Å²) in [7, 11) is 0. The molecule has 8 nitrogen and oxygen atoms in total. The number of aliphatic carboxylic acids is 1. The van der Waals surface area contributed by atoms with E-state index in [-0.39, 0.29) is 31.3 Å². The molecule has 0 unspecified atom stereocenters. The minimum absolute atomic E-state index is 0.0554. The molecule has 26 heavy (non-hydrogen) atoms. The summed E-state index contributed by atoms with van der Waals surface area (Å²) in [6, 6.07) is 10.5. The fourth-order valence-electron chi connectivity index (χ4n) is 3.29. The molecule has 1 saturated heterocycles. The summed E-state index contributed by atoms with van der Waals surface area (Å²) in [5, 5.41) is 9.50. The van der Waals surface area contributed by atoms with Crippen LogP contribution in [-0.2, 0) is 16.1 Å². The molecule has 0 bridgehead atoms. The van der Waals surface area contributed by atoms with Gasteiger partial charge in [0.15, 0.2) is 0 Å². The number of hydrogen-bond donors (Lipinski definition) is 2. The maximum absolute atomic E-state index is 12.5. The zero-order valence-corrected chi connectivity index (χ0v) is 14.0. The summed E-state index contributed by atoms with van der Waals surface area (Å²) in [5.41, 5.74) is -0.170. The molecule has 3 rings (SSSR count). The van der Waals surface area contributed by atoms with Crippen LogP contribution in [0.25, 0.3) is 0 Å². The molecule has 8 heteroatoms. The van der Waals surface area contributed by atoms with E-state index in [1.165, 1.54) is 21.7 Å². The number of nitrogens with zero attached hydrogens (tertiary/aromatic N) is 2. The van der Waals surface area contributed by atoms with E-state index in [9.17, 15) is 24.3 Å². The Kier molecular flexibility index (Phi) is 5.01. The molecule has 136 valence electrons. The van der Waals surface area contributed by atoms with Crippen molar-refractivity contribution in [3.05, 3.63) is 69.0 Å². The average Bonchev–Trinajstić information content (AvgIpc) is 3.07. The van der Waals surface area contributed by atoms with Crippen molar-refractivity contribution < 1.29 is 14.7 Å². The van der Waals surface area contributed by atoms with Crippen molar-refractivity contribution in [2.45, 2.75) is 18.9 Å². The fourth-order valence-corrected chi connectivity index (χ4v) is 3.29. The summed E-state index contributed by atoms with van der Waals surface area (Å²) in [5.74, 6) is -2.05. The van der Waals surface area contributed by atoms with Gasteiger partial charge >= 0.3 is 11.7 Å². The van der Waals surface area contributed by atoms with Crippen LogP contribution in [-0.4, -0.2) is 44.5 Å². The lowest BCUT2D eigenvalue weighted by Crippen LogP contribution is -2.33. The number of nitrogens with one attached hydrogen (secondary N) is 1. The van der Waals surface area contributed by atoms with Gasteiger partial charge in [0.1, 0.15) is 0 Å². The predicted octanol–water partition coefficient (Wildman–Crippen LogP) is 0.254. The average molecular weight is 357 g/mol. The number of carboxylic acids is 1. The highest BCUT2D eigenvalue weighted by Gasteiger charge is 2.40. The molecule has 0 saturated carbocycles. The molecule has 1 amide bonds. The Bertz CT molecular complexity index is 918. The van der Waals surface area contributed by atoms with Crippen molar-refractivity contribution in [1.82, 2.24) is 14.5 Å². The predicted molar refractivity (Wildman–Crippen MR) is 92.8 cm³/mol. The second-order valence-corrected chi connectivity index (χ2v) is 6.31. The third kappa shape index (κ3) is 3.74. The van der Waals surface area contributed by atoms with Crippen LogP contribution in [0.3, 0.4) is 0 Å². The van der Waals surface area contributed by atoms with Crippen LogP contribution in [0.4, 0.5) is 0 Å². The summed E-state index contributed by atoms with van der Waals surface area (Å²) in [6.07, 6.45) is 1.39. The first kappa shape index (κ1) is 17.7. The fraction of sp³-hybridized carbons (Fsp3) is 0.333. The highest BCUT2D eigenvalue weighted by molar-refractivity contribution is 5.79. The Labute approximate surface area is 148 Å². The molecule has 2 atom stereocenters. The van der Waals surface area contributed by atoms with E-state index in [1.807, 2.05) is 30.3 Å². The first-order chi connectivity index (χ1) is 12.5. The quantitative estimate of drug-likeness (QED) is 0.797. The molecule has 0 radical (unpaired) electrons. The molecule has 1 fully saturated rings. The molecule has 0 spiro atoms. The minimum Gasteiger partial charge on any atom is -0.481 e. The molecule has 1 aliphatic heterocycles. The SMILES string of the molecule is O=C(O)[C@@H]1CN(C(=O)CCn2ccc(=O)[nH]c2=O)C[C@H]1c1ccccc1. The Balaban J connectivity index is 1.69. The maximum Gasteiger partial charge on any atom is 0.328 e. The van der Waals surface area contributed by atoms with Gasteiger partial charge in [0.05, 0.1) is 5.92 Å². The number of aromatic nitrogens is 2. The van der Waals surface area contributed by atoms with Gasteiger partial charge in [0, 0.05) is 44.2 Å². The van der Waals surface area contributed by atoms with Crippen molar-refractivity contribution in [2.75, 3.05) is 13.1 Å². The third-order valence-corrected chi connectivity index (χ3v) is 4.68. The van der Waals surface area contributed by atoms with E-state index in [4.69, 9.17) is 0 Å². The first-order valence-corrected chi connectivity index (χ1v) is 8.31. The van der Waals surface area contributed by atoms with Crippen LogP contribution in [0.15, 0.2) is 52.2 Å². The lowest BCUT2D eigenvalue weighted by molar-refractivity contribution is -0.141. The number of carbonyl (C=O) groups is 2. The second kappa shape index (κ2) is 7.38. The minimum atomic E-state index is -0.925. The van der Waals surface area contributed by atoms with Crippen LogP contribution < -0.4 is 11.2 Å². The Hall–Kier alpha value is -3.16. The molecule has 1 aromatic heterocycles. The van der Waals surface area contributed by atoms with E-state index >= 15 is 0 Å². The molecule has 1 aliphatic rings. The molecule has 2 N–H and O–H groups in total. The number of aromatic amines is 1. The van der Waals surface area contributed by atoms with E-state index < -0.39 is 23.1 Å². The van der Waals surface area contributed by atoms with Gasteiger partial charge in [-0.05, 0) is 5.56 Å². The van der Waals surface area contributed by atoms with Gasteiger partial charge in [0.25, 0.3) is 5.56 Å². The number of benzene rings is 1. The van der Waals surface area contributed by atoms with Crippen LogP contribution in [0, 0.1) is 5.92 Å². The lowest BCUT2D eigenvalue weighted by Gasteiger charge is -2.17. The summed E-state index contributed by atoms with van der Waals surface area (Å²) in [6.45, 7) is 0.604. The molecule has 1 aromatic carbocycles. The van der Waals surface area contributed by atoms with E-state index in [0.717, 1.165) is 5.56 Å². The van der Waals surface area contributed by atoms with Crippen LogP contribution in [0.1, 0.15) is 17.9 Å². The number of rotatable bonds is 5. The van der Waals surface area contributed by atoms with E-state index in [1.54, 1.807) is 0 Å². The normalized spacial score (nSPS) is 19.5. The van der Waals surface area contributed by atoms with Crippen molar-refractivity contribution >= 4 is 11.9 Å². The topological polar surface area (TPSA) is 112 Å². The van der Waals surface area contributed by atoms with E-state index in [2.05, 4.69) is 4.98 Å². The largest absolute Gasteiger partial charge is 0.481 e. The molecule has 2 aromatic rings. The van der Waals surface area contributed by atoms with E-state index in [0.29, 0.717) is 6.54 Å². The van der Waals surface area contributed by atoms with Gasteiger partial charge in [-0.2, -0.15) is 0 Å². The molecular weight excluding hydrogens is 338 g/mol. The molecule has 2 heterocycles. The number of hydrogen-bond acceptors (Lipinski definition) is 4. The van der Waals surface area contributed by atoms with Crippen LogP contribution in [0.2, 0.25) is 0 Å². The number of amides is 1. The number of H-pyrrole nitrogens is 1. The number of carboxylic acid groups (broad SMARTS) is 1. The lowest BCUT2D eigenvalue weighted by atomic mass is 9.89. The highest BCUT2D eigenvalue weighted by Crippen LogP contribution is 2.33. The summed E-state index contributed by atoms with van der Waals surface area (Å²) < 4.78 is 1.25. The Morgan fingerprint density at radius 3 is 2.50 bits per heavy atom. The van der Waals surface area contributed by atoms with Crippen molar-refractivity contribution in [1.29, 1.82) is 0 Å². The van der Waals surface area contributed by atoms with Gasteiger partial charge in [-0.3, -0.25) is 19.4 Å². The van der Waals surface area contributed by atoms with Gasteiger partial charge in [-0.15, -0.1) is 0 Å². The maximum atomic E-state index is 12.5. The zero-order valence-electron chi connectivity index (χ0n) is 14.0. The van der Waals surface area contributed by atoms with Gasteiger partial charge < -0.3 is 14.6 Å². The second-order valence-electron chi connectivity index (χ2n) is 6.31. The first-order valence-electron chi connectivity index (χ1n) is 8.31. The highest BCUT2D eigenvalue weighted by atomic mass is 16.4. The van der Waals surface area contributed by atoms with Crippen molar-refractivity contribution in [3.8, 4) is 0 Å².